The number of carbonyl (C=O) groups is 1. The number of ether oxygens (including phenoxy) is 1. The van der Waals surface area contributed by atoms with Crippen LogP contribution in [0.3, 0.4) is 0 Å². The first-order valence-corrected chi connectivity index (χ1v) is 8.71. The van der Waals surface area contributed by atoms with E-state index >= 15 is 0 Å². The van der Waals surface area contributed by atoms with Gasteiger partial charge in [-0.2, -0.15) is 10.4 Å². The molecule has 28 heavy (non-hydrogen) atoms. The van der Waals surface area contributed by atoms with Crippen LogP contribution in [-0.2, 0) is 4.79 Å². The molecule has 8 heteroatoms. The largest absolute Gasteiger partial charge is 0.478 e. The van der Waals surface area contributed by atoms with E-state index in [9.17, 15) is 9.18 Å². The van der Waals surface area contributed by atoms with Crippen molar-refractivity contribution in [3.8, 4) is 11.9 Å². The summed E-state index contributed by atoms with van der Waals surface area (Å²) in [5.74, 6) is -0.345. The Morgan fingerprint density at radius 2 is 2.25 bits per heavy atom. The molecule has 0 N–H and O–H groups in total. The van der Waals surface area contributed by atoms with E-state index < -0.39 is 5.82 Å². The van der Waals surface area contributed by atoms with Gasteiger partial charge in [0, 0.05) is 36.7 Å². The van der Waals surface area contributed by atoms with Crippen molar-refractivity contribution >= 4 is 12.1 Å². The number of carbonyl (C=O) groups excluding carboxylic acids is 1. The number of nitrogens with zero attached hydrogens (tertiary/aromatic N) is 5. The summed E-state index contributed by atoms with van der Waals surface area (Å²) in [6.07, 6.45) is 7.20. The number of pyridine rings is 2. The molecular formula is C20H18FN5O2. The van der Waals surface area contributed by atoms with Gasteiger partial charge in [0.15, 0.2) is 0 Å². The molecule has 1 aliphatic heterocycles. The van der Waals surface area contributed by atoms with Crippen LogP contribution in [0.15, 0.2) is 54.0 Å². The monoisotopic (exact) mass is 379 g/mol. The van der Waals surface area contributed by atoms with Crippen LogP contribution in [0.1, 0.15) is 36.4 Å². The summed E-state index contributed by atoms with van der Waals surface area (Å²) in [5.41, 5.74) is 1.44. The van der Waals surface area contributed by atoms with Gasteiger partial charge in [-0.3, -0.25) is 9.78 Å². The van der Waals surface area contributed by atoms with Gasteiger partial charge in [0.05, 0.1) is 24.4 Å². The van der Waals surface area contributed by atoms with Crippen LogP contribution in [0.4, 0.5) is 4.39 Å². The quantitative estimate of drug-likeness (QED) is 0.544. The van der Waals surface area contributed by atoms with E-state index in [1.165, 1.54) is 23.5 Å². The lowest BCUT2D eigenvalue weighted by atomic mass is 10.1. The first kappa shape index (κ1) is 19.2. The zero-order chi connectivity index (χ0) is 19.9. The van der Waals surface area contributed by atoms with Crippen LogP contribution in [-0.4, -0.2) is 33.7 Å². The SMILES string of the molecule is C=C(CCCOc1ccc(C#N)cn1)C(=O)N1N=CCC1c1cncc(F)c1. The van der Waals surface area contributed by atoms with Crippen LogP contribution >= 0.6 is 0 Å². The van der Waals surface area contributed by atoms with E-state index in [-0.39, 0.29) is 11.9 Å². The summed E-state index contributed by atoms with van der Waals surface area (Å²) in [4.78, 5) is 20.5. The first-order valence-electron chi connectivity index (χ1n) is 8.71. The summed E-state index contributed by atoms with van der Waals surface area (Å²) in [5, 5.41) is 14.2. The first-order chi connectivity index (χ1) is 13.6. The fourth-order valence-electron chi connectivity index (χ4n) is 2.76. The second-order valence-electron chi connectivity index (χ2n) is 6.19. The summed E-state index contributed by atoms with van der Waals surface area (Å²) < 4.78 is 18.9. The molecule has 2 aromatic heterocycles. The van der Waals surface area contributed by atoms with Crippen molar-refractivity contribution in [3.05, 3.63) is 65.9 Å². The van der Waals surface area contributed by atoms with E-state index in [0.29, 0.717) is 48.4 Å². The van der Waals surface area contributed by atoms with Crippen LogP contribution in [0.2, 0.25) is 0 Å². The standard InChI is InChI=1S/C20H18FN5O2/c1-14(3-2-8-28-19-5-4-15(10-22)11-24-19)20(27)26-18(6-7-25-26)16-9-17(21)13-23-12-16/h4-5,7,9,11-13,18H,1-3,6,8H2. The zero-order valence-electron chi connectivity index (χ0n) is 15.1. The van der Waals surface area contributed by atoms with Crippen LogP contribution in [0, 0.1) is 17.1 Å². The predicted octanol–water partition coefficient (Wildman–Crippen LogP) is 3.16. The molecule has 142 valence electrons. The zero-order valence-corrected chi connectivity index (χ0v) is 15.1. The molecule has 3 heterocycles. The molecule has 0 aliphatic carbocycles. The molecule has 0 saturated carbocycles. The number of hydrogen-bond acceptors (Lipinski definition) is 6. The summed E-state index contributed by atoms with van der Waals surface area (Å²) in [6.45, 7) is 4.20. The van der Waals surface area contributed by atoms with Gasteiger partial charge < -0.3 is 4.74 Å². The van der Waals surface area contributed by atoms with Gasteiger partial charge in [-0.25, -0.2) is 14.4 Å². The van der Waals surface area contributed by atoms with Gasteiger partial charge in [0.25, 0.3) is 5.91 Å². The van der Waals surface area contributed by atoms with Crippen LogP contribution in [0.5, 0.6) is 5.88 Å². The highest BCUT2D eigenvalue weighted by atomic mass is 19.1. The lowest BCUT2D eigenvalue weighted by Gasteiger charge is -2.22. The number of nitriles is 1. The van der Waals surface area contributed by atoms with Crippen LogP contribution in [0.25, 0.3) is 0 Å². The van der Waals surface area contributed by atoms with Crippen molar-refractivity contribution in [1.29, 1.82) is 5.26 Å². The van der Waals surface area contributed by atoms with Crippen LogP contribution < -0.4 is 4.74 Å². The molecule has 1 amide bonds. The lowest BCUT2D eigenvalue weighted by molar-refractivity contribution is -0.129. The number of amides is 1. The Morgan fingerprint density at radius 1 is 1.39 bits per heavy atom. The summed E-state index contributed by atoms with van der Waals surface area (Å²) >= 11 is 0. The Kier molecular flexibility index (Phi) is 6.07. The summed E-state index contributed by atoms with van der Waals surface area (Å²) in [6, 6.07) is 6.20. The third-order valence-electron chi connectivity index (χ3n) is 4.19. The highest BCUT2D eigenvalue weighted by molar-refractivity contribution is 5.94. The lowest BCUT2D eigenvalue weighted by Crippen LogP contribution is -2.28. The highest BCUT2D eigenvalue weighted by Crippen LogP contribution is 2.29. The molecule has 3 rings (SSSR count). The van der Waals surface area contributed by atoms with Gasteiger partial charge in [-0.15, -0.1) is 0 Å². The van der Waals surface area contributed by atoms with Crippen molar-refractivity contribution in [3.63, 3.8) is 0 Å². The van der Waals surface area contributed by atoms with E-state index in [0.717, 1.165) is 6.20 Å². The number of hydrogen-bond donors (Lipinski definition) is 0. The van der Waals surface area contributed by atoms with E-state index in [1.807, 2.05) is 6.07 Å². The van der Waals surface area contributed by atoms with Crippen molar-refractivity contribution in [2.45, 2.75) is 25.3 Å². The number of hydrazone groups is 1. The molecule has 0 fully saturated rings. The molecule has 0 radical (unpaired) electrons. The Balaban J connectivity index is 1.50. The average Bonchev–Trinajstić information content (AvgIpc) is 3.21. The second-order valence-corrected chi connectivity index (χ2v) is 6.19. The van der Waals surface area contributed by atoms with Gasteiger partial charge in [0.2, 0.25) is 5.88 Å². The minimum atomic E-state index is -0.454. The fourth-order valence-corrected chi connectivity index (χ4v) is 2.76. The maximum atomic E-state index is 13.4. The molecule has 7 nitrogen and oxygen atoms in total. The molecule has 0 aromatic carbocycles. The Hall–Kier alpha value is -3.60. The smallest absolute Gasteiger partial charge is 0.269 e. The van der Waals surface area contributed by atoms with Crippen molar-refractivity contribution in [2.75, 3.05) is 6.61 Å². The molecular weight excluding hydrogens is 361 g/mol. The minimum Gasteiger partial charge on any atom is -0.478 e. The number of halogens is 1. The normalized spacial score (nSPS) is 15.3. The topological polar surface area (TPSA) is 91.5 Å². The third-order valence-corrected chi connectivity index (χ3v) is 4.19. The minimum absolute atomic E-state index is 0.306. The Bertz CT molecular complexity index is 936. The fraction of sp³-hybridized carbons (Fsp3) is 0.250. The van der Waals surface area contributed by atoms with Gasteiger partial charge >= 0.3 is 0 Å². The molecule has 1 atom stereocenters. The molecule has 0 saturated heterocycles. The Labute approximate surface area is 161 Å². The third kappa shape index (κ3) is 4.57. The van der Waals surface area contributed by atoms with E-state index in [1.54, 1.807) is 18.3 Å². The second kappa shape index (κ2) is 8.86. The summed E-state index contributed by atoms with van der Waals surface area (Å²) in [7, 11) is 0. The van der Waals surface area contributed by atoms with Crippen molar-refractivity contribution in [2.24, 2.45) is 5.10 Å². The number of aromatic nitrogens is 2. The van der Waals surface area contributed by atoms with Gasteiger partial charge in [-0.1, -0.05) is 6.58 Å². The maximum Gasteiger partial charge on any atom is 0.269 e. The van der Waals surface area contributed by atoms with Crippen molar-refractivity contribution in [1.82, 2.24) is 15.0 Å². The predicted molar refractivity (Wildman–Crippen MR) is 99.7 cm³/mol. The van der Waals surface area contributed by atoms with E-state index in [2.05, 4.69) is 21.6 Å². The highest BCUT2D eigenvalue weighted by Gasteiger charge is 2.29. The number of rotatable bonds is 7. The molecule has 0 bridgehead atoms. The molecule has 2 aromatic rings. The molecule has 1 unspecified atom stereocenters. The maximum absolute atomic E-state index is 13.4. The van der Waals surface area contributed by atoms with Crippen molar-refractivity contribution < 1.29 is 13.9 Å². The average molecular weight is 379 g/mol. The Morgan fingerprint density at radius 3 is 2.96 bits per heavy atom. The molecule has 1 aliphatic rings. The van der Waals surface area contributed by atoms with Gasteiger partial charge in [0.1, 0.15) is 11.9 Å². The van der Waals surface area contributed by atoms with Gasteiger partial charge in [-0.05, 0) is 30.5 Å². The molecule has 0 spiro atoms. The van der Waals surface area contributed by atoms with E-state index in [4.69, 9.17) is 10.00 Å².